The third-order valence-corrected chi connectivity index (χ3v) is 9.73. The monoisotopic (exact) mass is 607 g/mol. The number of aliphatic hydroxyl groups excluding tert-OH is 2. The van der Waals surface area contributed by atoms with Crippen molar-refractivity contribution >= 4 is 5.97 Å². The Morgan fingerprint density at radius 2 is 1.00 bits per heavy atom. The molecule has 2 aliphatic rings. The van der Waals surface area contributed by atoms with E-state index in [4.69, 9.17) is 9.47 Å². The summed E-state index contributed by atoms with van der Waals surface area (Å²) in [6.45, 7) is 4.19. The molecule has 2 heterocycles. The summed E-state index contributed by atoms with van der Waals surface area (Å²) in [5.74, 6) is -0.110. The smallest absolute Gasteiger partial charge is 0.334 e. The molecule has 0 bridgehead atoms. The van der Waals surface area contributed by atoms with Crippen LogP contribution >= 0.6 is 0 Å². The molecule has 0 amide bonds. The summed E-state index contributed by atoms with van der Waals surface area (Å²) >= 11 is 0. The van der Waals surface area contributed by atoms with Crippen LogP contribution < -0.4 is 0 Å². The van der Waals surface area contributed by atoms with Crippen molar-refractivity contribution < 1.29 is 24.5 Å². The molecule has 2 rings (SSSR count). The van der Waals surface area contributed by atoms with Gasteiger partial charge in [0.1, 0.15) is 6.10 Å². The summed E-state index contributed by atoms with van der Waals surface area (Å²) in [6, 6.07) is 0. The van der Waals surface area contributed by atoms with E-state index in [2.05, 4.69) is 6.92 Å². The van der Waals surface area contributed by atoms with Crippen molar-refractivity contribution in [2.45, 2.75) is 224 Å². The van der Waals surface area contributed by atoms with Crippen LogP contribution in [-0.2, 0) is 14.3 Å². The molecule has 0 saturated carbocycles. The SMILES string of the molecule is CCCCCCCCCCCCC[C@@H](O)[C@H]1CC[C@H]([C@H](O)CCCCCCCCCCCCCCC2=C[C@@H](C)OC2=O)O1. The lowest BCUT2D eigenvalue weighted by Crippen LogP contribution is -2.31. The van der Waals surface area contributed by atoms with Gasteiger partial charge in [-0.05, 0) is 51.5 Å². The van der Waals surface area contributed by atoms with Gasteiger partial charge in [-0.2, -0.15) is 0 Å². The number of aliphatic hydroxyl groups is 2. The number of cyclic esters (lactones) is 1. The van der Waals surface area contributed by atoms with Crippen LogP contribution in [-0.4, -0.2) is 46.7 Å². The maximum Gasteiger partial charge on any atom is 0.334 e. The molecule has 5 nitrogen and oxygen atoms in total. The van der Waals surface area contributed by atoms with Crippen LogP contribution in [0.3, 0.4) is 0 Å². The van der Waals surface area contributed by atoms with E-state index < -0.39 is 0 Å². The zero-order valence-electron chi connectivity index (χ0n) is 28.4. The third-order valence-electron chi connectivity index (χ3n) is 9.73. The Kier molecular flexibility index (Phi) is 22.5. The molecule has 0 spiro atoms. The molecule has 1 fully saturated rings. The molecule has 43 heavy (non-hydrogen) atoms. The van der Waals surface area contributed by atoms with E-state index >= 15 is 0 Å². The van der Waals surface area contributed by atoms with Crippen molar-refractivity contribution in [1.29, 1.82) is 0 Å². The lowest BCUT2D eigenvalue weighted by atomic mass is 10.00. The topological polar surface area (TPSA) is 76.0 Å². The van der Waals surface area contributed by atoms with Gasteiger partial charge in [0.05, 0.1) is 24.4 Å². The number of esters is 1. The van der Waals surface area contributed by atoms with Crippen LogP contribution in [0, 0.1) is 0 Å². The molecule has 0 radical (unpaired) electrons. The van der Waals surface area contributed by atoms with Crippen LogP contribution in [0.1, 0.15) is 194 Å². The van der Waals surface area contributed by atoms with Gasteiger partial charge in [0.15, 0.2) is 0 Å². The minimum atomic E-state index is -0.383. The molecular weight excluding hydrogens is 536 g/mol. The number of carbonyl (C=O) groups is 1. The number of carbonyl (C=O) groups excluding carboxylic acids is 1. The molecule has 5 atom stereocenters. The second kappa shape index (κ2) is 25.3. The quantitative estimate of drug-likeness (QED) is 0.0654. The Morgan fingerprint density at radius 1 is 0.628 bits per heavy atom. The third kappa shape index (κ3) is 18.6. The zero-order chi connectivity index (χ0) is 31.0. The molecule has 0 aromatic heterocycles. The Morgan fingerprint density at radius 3 is 1.37 bits per heavy atom. The highest BCUT2D eigenvalue weighted by atomic mass is 16.5. The first-order valence-electron chi connectivity index (χ1n) is 18.9. The lowest BCUT2D eigenvalue weighted by molar-refractivity contribution is -0.139. The fraction of sp³-hybridized carbons (Fsp3) is 0.921. The van der Waals surface area contributed by atoms with Gasteiger partial charge in [-0.25, -0.2) is 4.79 Å². The number of rotatable bonds is 29. The van der Waals surface area contributed by atoms with E-state index in [0.717, 1.165) is 56.9 Å². The predicted octanol–water partition coefficient (Wildman–Crippen LogP) is 10.3. The Balaban J connectivity index is 1.32. The van der Waals surface area contributed by atoms with Gasteiger partial charge in [-0.15, -0.1) is 0 Å². The first-order valence-corrected chi connectivity index (χ1v) is 18.9. The first kappa shape index (κ1) is 38.3. The van der Waals surface area contributed by atoms with Crippen LogP contribution in [0.25, 0.3) is 0 Å². The molecule has 2 N–H and O–H groups in total. The number of hydrogen-bond acceptors (Lipinski definition) is 5. The maximum atomic E-state index is 11.6. The van der Waals surface area contributed by atoms with E-state index in [9.17, 15) is 15.0 Å². The molecular formula is C38H70O5. The zero-order valence-corrected chi connectivity index (χ0v) is 28.4. The molecule has 0 unspecified atom stereocenters. The maximum absolute atomic E-state index is 11.6. The Bertz CT molecular complexity index is 706. The van der Waals surface area contributed by atoms with Gasteiger partial charge >= 0.3 is 5.97 Å². The summed E-state index contributed by atoms with van der Waals surface area (Å²) in [6.07, 6.45) is 34.9. The van der Waals surface area contributed by atoms with E-state index in [1.165, 1.54) is 128 Å². The van der Waals surface area contributed by atoms with Crippen molar-refractivity contribution in [3.8, 4) is 0 Å². The van der Waals surface area contributed by atoms with Crippen LogP contribution in [0.4, 0.5) is 0 Å². The minimum absolute atomic E-state index is 0.0388. The Labute approximate surface area is 266 Å². The van der Waals surface area contributed by atoms with Gasteiger partial charge in [0, 0.05) is 5.57 Å². The van der Waals surface area contributed by atoms with E-state index in [-0.39, 0.29) is 36.5 Å². The molecule has 0 aliphatic carbocycles. The minimum Gasteiger partial charge on any atom is -0.455 e. The average molecular weight is 607 g/mol. The molecule has 0 aromatic carbocycles. The van der Waals surface area contributed by atoms with Crippen LogP contribution in [0.15, 0.2) is 11.6 Å². The molecule has 5 heteroatoms. The molecule has 252 valence electrons. The number of ether oxygens (including phenoxy) is 2. The van der Waals surface area contributed by atoms with Crippen LogP contribution in [0.2, 0.25) is 0 Å². The normalized spacial score (nSPS) is 21.7. The molecule has 1 saturated heterocycles. The molecule has 0 aromatic rings. The summed E-state index contributed by atoms with van der Waals surface area (Å²) in [5, 5.41) is 21.3. The van der Waals surface area contributed by atoms with Crippen molar-refractivity contribution in [2.75, 3.05) is 0 Å². The highest BCUT2D eigenvalue weighted by molar-refractivity contribution is 5.90. The second-order valence-electron chi connectivity index (χ2n) is 13.8. The fourth-order valence-corrected chi connectivity index (χ4v) is 6.90. The standard InChI is InChI=1S/C38H70O5/c1-3-4-5-6-7-8-11-15-18-21-24-27-34(39)36-29-30-37(43-36)35(40)28-25-22-19-16-13-10-9-12-14-17-20-23-26-33-31-32(2)42-38(33)41/h31-32,34-37,39-40H,3-30H2,1-2H3/t32-,34-,35-,36-,37-/m1/s1. The Hall–Kier alpha value is -0.910. The van der Waals surface area contributed by atoms with E-state index in [0.29, 0.717) is 0 Å². The lowest BCUT2D eigenvalue weighted by Gasteiger charge is -2.22. The number of hydrogen-bond donors (Lipinski definition) is 2. The van der Waals surface area contributed by atoms with Gasteiger partial charge < -0.3 is 19.7 Å². The van der Waals surface area contributed by atoms with Crippen molar-refractivity contribution in [3.63, 3.8) is 0 Å². The summed E-state index contributed by atoms with van der Waals surface area (Å²) in [7, 11) is 0. The average Bonchev–Trinajstić information content (AvgIpc) is 3.62. The van der Waals surface area contributed by atoms with Gasteiger partial charge in [0.2, 0.25) is 0 Å². The van der Waals surface area contributed by atoms with Crippen LogP contribution in [0.5, 0.6) is 0 Å². The largest absolute Gasteiger partial charge is 0.455 e. The first-order chi connectivity index (χ1) is 21.0. The summed E-state index contributed by atoms with van der Waals surface area (Å²) in [4.78, 5) is 11.6. The highest BCUT2D eigenvalue weighted by Gasteiger charge is 2.34. The summed E-state index contributed by atoms with van der Waals surface area (Å²) < 4.78 is 11.3. The molecule has 2 aliphatic heterocycles. The summed E-state index contributed by atoms with van der Waals surface area (Å²) in [5.41, 5.74) is 0.877. The van der Waals surface area contributed by atoms with Gasteiger partial charge in [-0.1, -0.05) is 148 Å². The fourth-order valence-electron chi connectivity index (χ4n) is 6.90. The van der Waals surface area contributed by atoms with E-state index in [1.54, 1.807) is 0 Å². The van der Waals surface area contributed by atoms with Gasteiger partial charge in [0.25, 0.3) is 0 Å². The van der Waals surface area contributed by atoms with E-state index in [1.807, 2.05) is 13.0 Å². The highest BCUT2D eigenvalue weighted by Crippen LogP contribution is 2.28. The van der Waals surface area contributed by atoms with Crippen molar-refractivity contribution in [3.05, 3.63) is 11.6 Å². The second-order valence-corrected chi connectivity index (χ2v) is 13.8. The predicted molar refractivity (Wildman–Crippen MR) is 179 cm³/mol. The van der Waals surface area contributed by atoms with Crippen molar-refractivity contribution in [2.24, 2.45) is 0 Å². The number of unbranched alkanes of at least 4 members (excludes halogenated alkanes) is 21. The van der Waals surface area contributed by atoms with Crippen molar-refractivity contribution in [1.82, 2.24) is 0 Å². The van der Waals surface area contributed by atoms with Gasteiger partial charge in [-0.3, -0.25) is 0 Å².